The van der Waals surface area contributed by atoms with Gasteiger partial charge in [-0.15, -0.1) is 0 Å². The van der Waals surface area contributed by atoms with Gasteiger partial charge < -0.3 is 0 Å². The third kappa shape index (κ3) is 2.16. The zero-order chi connectivity index (χ0) is 14.9. The minimum absolute atomic E-state index is 0.718. The number of pyridine rings is 2. The van der Waals surface area contributed by atoms with Gasteiger partial charge in [0, 0.05) is 34.7 Å². The van der Waals surface area contributed by atoms with Crippen LogP contribution in [0.1, 0.15) is 0 Å². The molecule has 0 fully saturated rings. The first-order chi connectivity index (χ1) is 10.8. The fourth-order valence-corrected chi connectivity index (χ4v) is 2.71. The molecule has 4 rings (SSSR count). The quantitative estimate of drug-likeness (QED) is 0.536. The zero-order valence-electron chi connectivity index (χ0n) is 11.6. The highest BCUT2D eigenvalue weighted by Gasteiger charge is 2.15. The molecule has 22 heavy (non-hydrogen) atoms. The molecule has 0 amide bonds. The molecule has 0 unspecified atom stereocenters. The van der Waals surface area contributed by atoms with Crippen molar-refractivity contribution < 1.29 is 0 Å². The number of hydrogen-bond acceptors (Lipinski definition) is 2. The van der Waals surface area contributed by atoms with Crippen LogP contribution in [0.5, 0.6) is 0 Å². The molecule has 0 aliphatic carbocycles. The molecule has 0 N–H and O–H groups in total. The lowest BCUT2D eigenvalue weighted by Gasteiger charge is -2.05. The van der Waals surface area contributed by atoms with Gasteiger partial charge in [0.15, 0.2) is 0 Å². The highest BCUT2D eigenvalue weighted by atomic mass is 35.5. The van der Waals surface area contributed by atoms with Crippen LogP contribution in [0.25, 0.3) is 28.2 Å². The van der Waals surface area contributed by atoms with Crippen molar-refractivity contribution in [1.82, 2.24) is 14.4 Å². The van der Waals surface area contributed by atoms with Gasteiger partial charge in [-0.3, -0.25) is 9.38 Å². The molecular formula is C18H12ClN3. The maximum absolute atomic E-state index is 6.00. The highest BCUT2D eigenvalue weighted by molar-refractivity contribution is 6.30. The Hall–Kier alpha value is -2.65. The number of hydrogen-bond donors (Lipinski definition) is 0. The molecule has 1 aromatic carbocycles. The molecule has 3 heterocycles. The van der Waals surface area contributed by atoms with Crippen LogP contribution in [0.15, 0.2) is 73.2 Å². The van der Waals surface area contributed by atoms with Crippen molar-refractivity contribution in [1.29, 1.82) is 0 Å². The van der Waals surface area contributed by atoms with E-state index in [2.05, 4.69) is 9.38 Å². The van der Waals surface area contributed by atoms with E-state index in [1.807, 2.05) is 67.0 Å². The lowest BCUT2D eigenvalue weighted by molar-refractivity contribution is 1.18. The largest absolute Gasteiger partial charge is 0.299 e. The van der Waals surface area contributed by atoms with Crippen molar-refractivity contribution >= 4 is 17.2 Å². The Morgan fingerprint density at radius 1 is 0.864 bits per heavy atom. The maximum Gasteiger partial charge on any atom is 0.137 e. The Morgan fingerprint density at radius 2 is 1.73 bits per heavy atom. The third-order valence-electron chi connectivity index (χ3n) is 3.58. The van der Waals surface area contributed by atoms with Crippen LogP contribution in [-0.2, 0) is 0 Å². The first kappa shape index (κ1) is 13.0. The molecule has 0 aliphatic heterocycles. The van der Waals surface area contributed by atoms with Crippen molar-refractivity contribution in [2.75, 3.05) is 0 Å². The van der Waals surface area contributed by atoms with Crippen LogP contribution >= 0.6 is 11.6 Å². The molecule has 0 aliphatic rings. The maximum atomic E-state index is 6.00. The average Bonchev–Trinajstić information content (AvgIpc) is 2.96. The van der Waals surface area contributed by atoms with Gasteiger partial charge in [0.25, 0.3) is 0 Å². The number of nitrogens with zero attached hydrogens (tertiary/aromatic N) is 3. The predicted molar refractivity (Wildman–Crippen MR) is 88.9 cm³/mol. The molecule has 0 radical (unpaired) electrons. The van der Waals surface area contributed by atoms with E-state index >= 15 is 0 Å². The molecule has 0 atom stereocenters. The molecule has 4 heteroatoms. The van der Waals surface area contributed by atoms with Gasteiger partial charge in [-0.1, -0.05) is 29.8 Å². The van der Waals surface area contributed by atoms with Gasteiger partial charge in [0.2, 0.25) is 0 Å². The molecule has 0 spiro atoms. The standard InChI is InChI=1S/C18H12ClN3/c19-15-8-6-13(7-9-15)17-18(14-4-3-10-20-12-14)22-11-2-1-5-16(22)21-17/h1-12H. The molecular weight excluding hydrogens is 294 g/mol. The number of imidazole rings is 1. The fourth-order valence-electron chi connectivity index (χ4n) is 2.58. The summed E-state index contributed by atoms with van der Waals surface area (Å²) in [7, 11) is 0. The van der Waals surface area contributed by atoms with E-state index in [1.54, 1.807) is 6.20 Å². The first-order valence-corrected chi connectivity index (χ1v) is 7.34. The van der Waals surface area contributed by atoms with Gasteiger partial charge in [0.05, 0.1) is 11.4 Å². The lowest BCUT2D eigenvalue weighted by atomic mass is 10.1. The van der Waals surface area contributed by atoms with Crippen molar-refractivity contribution in [2.45, 2.75) is 0 Å². The lowest BCUT2D eigenvalue weighted by Crippen LogP contribution is -1.89. The van der Waals surface area contributed by atoms with Crippen molar-refractivity contribution in [2.24, 2.45) is 0 Å². The summed E-state index contributed by atoms with van der Waals surface area (Å²) >= 11 is 6.00. The van der Waals surface area contributed by atoms with Crippen LogP contribution in [0.4, 0.5) is 0 Å². The summed E-state index contributed by atoms with van der Waals surface area (Å²) in [5, 5.41) is 0.718. The number of rotatable bonds is 2. The van der Waals surface area contributed by atoms with Gasteiger partial charge in [0.1, 0.15) is 5.65 Å². The summed E-state index contributed by atoms with van der Waals surface area (Å²) in [6, 6.07) is 17.7. The summed E-state index contributed by atoms with van der Waals surface area (Å²) in [6.45, 7) is 0. The highest BCUT2D eigenvalue weighted by Crippen LogP contribution is 2.32. The average molecular weight is 306 g/mol. The Bertz CT molecular complexity index is 928. The summed E-state index contributed by atoms with van der Waals surface area (Å²) in [4.78, 5) is 9.02. The number of fused-ring (bicyclic) bond motifs is 1. The SMILES string of the molecule is Clc1ccc(-c2nc3ccccn3c2-c2cccnc2)cc1. The monoisotopic (exact) mass is 305 g/mol. The molecule has 0 bridgehead atoms. The van der Waals surface area contributed by atoms with E-state index in [0.29, 0.717) is 0 Å². The van der Waals surface area contributed by atoms with Gasteiger partial charge in [-0.25, -0.2) is 4.98 Å². The Morgan fingerprint density at radius 3 is 2.50 bits per heavy atom. The van der Waals surface area contributed by atoms with E-state index < -0.39 is 0 Å². The normalized spacial score (nSPS) is 11.0. The number of halogens is 1. The molecule has 4 aromatic rings. The van der Waals surface area contributed by atoms with Crippen molar-refractivity contribution in [3.05, 3.63) is 78.2 Å². The minimum atomic E-state index is 0.718. The molecule has 106 valence electrons. The van der Waals surface area contributed by atoms with Crippen molar-refractivity contribution in [3.8, 4) is 22.5 Å². The zero-order valence-corrected chi connectivity index (χ0v) is 12.4. The van der Waals surface area contributed by atoms with Crippen molar-refractivity contribution in [3.63, 3.8) is 0 Å². The summed E-state index contributed by atoms with van der Waals surface area (Å²) in [5.41, 5.74) is 4.94. The number of aromatic nitrogens is 3. The van der Waals surface area contributed by atoms with Gasteiger partial charge >= 0.3 is 0 Å². The van der Waals surface area contributed by atoms with Crippen LogP contribution in [0.2, 0.25) is 5.02 Å². The smallest absolute Gasteiger partial charge is 0.137 e. The summed E-state index contributed by atoms with van der Waals surface area (Å²) in [5.74, 6) is 0. The van der Waals surface area contributed by atoms with Crippen LogP contribution in [0, 0.1) is 0 Å². The Kier molecular flexibility index (Phi) is 3.13. The fraction of sp³-hybridized carbons (Fsp3) is 0. The van der Waals surface area contributed by atoms with Crippen LogP contribution in [0.3, 0.4) is 0 Å². The first-order valence-electron chi connectivity index (χ1n) is 6.96. The molecule has 0 saturated heterocycles. The molecule has 3 nitrogen and oxygen atoms in total. The topological polar surface area (TPSA) is 30.2 Å². The second-order valence-corrected chi connectivity index (χ2v) is 5.42. The second kappa shape index (κ2) is 5.28. The second-order valence-electron chi connectivity index (χ2n) is 4.99. The summed E-state index contributed by atoms with van der Waals surface area (Å²) < 4.78 is 2.08. The van der Waals surface area contributed by atoms with E-state index in [0.717, 1.165) is 33.2 Å². The van der Waals surface area contributed by atoms with Crippen LogP contribution < -0.4 is 0 Å². The van der Waals surface area contributed by atoms with E-state index in [-0.39, 0.29) is 0 Å². The number of benzene rings is 1. The predicted octanol–water partition coefficient (Wildman–Crippen LogP) is 4.72. The molecule has 3 aromatic heterocycles. The molecule has 0 saturated carbocycles. The van der Waals surface area contributed by atoms with E-state index in [4.69, 9.17) is 16.6 Å². The van der Waals surface area contributed by atoms with E-state index in [9.17, 15) is 0 Å². The van der Waals surface area contributed by atoms with Crippen LogP contribution in [-0.4, -0.2) is 14.4 Å². The van der Waals surface area contributed by atoms with Gasteiger partial charge in [-0.2, -0.15) is 0 Å². The summed E-state index contributed by atoms with van der Waals surface area (Å²) in [6.07, 6.45) is 5.65. The third-order valence-corrected chi connectivity index (χ3v) is 3.83. The minimum Gasteiger partial charge on any atom is -0.299 e. The van der Waals surface area contributed by atoms with Gasteiger partial charge in [-0.05, 0) is 36.4 Å². The Labute approximate surface area is 132 Å². The Balaban J connectivity index is 2.04. The van der Waals surface area contributed by atoms with E-state index in [1.165, 1.54) is 0 Å².